The van der Waals surface area contributed by atoms with Gasteiger partial charge in [-0.05, 0) is 49.8 Å². The van der Waals surface area contributed by atoms with E-state index in [-0.39, 0.29) is 0 Å². The fourth-order valence-electron chi connectivity index (χ4n) is 4.17. The van der Waals surface area contributed by atoms with Gasteiger partial charge in [-0.1, -0.05) is 19.9 Å². The molecular weight excluding hydrogens is 412 g/mol. The normalized spacial score (nSPS) is 14.1. The van der Waals surface area contributed by atoms with E-state index in [0.717, 1.165) is 54.0 Å². The minimum absolute atomic E-state index is 0.539. The molecule has 33 heavy (non-hydrogen) atoms. The molecule has 8 heteroatoms. The van der Waals surface area contributed by atoms with Crippen LogP contribution in [0.5, 0.6) is 0 Å². The van der Waals surface area contributed by atoms with E-state index in [1.807, 2.05) is 47.1 Å². The van der Waals surface area contributed by atoms with E-state index in [4.69, 9.17) is 15.0 Å². The highest BCUT2D eigenvalue weighted by Crippen LogP contribution is 2.25. The third-order valence-corrected chi connectivity index (χ3v) is 5.73. The number of hydrogen-bond donors (Lipinski definition) is 2. The molecule has 0 saturated carbocycles. The van der Waals surface area contributed by atoms with Gasteiger partial charge >= 0.3 is 0 Å². The molecule has 0 atom stereocenters. The van der Waals surface area contributed by atoms with E-state index in [0.29, 0.717) is 11.9 Å². The summed E-state index contributed by atoms with van der Waals surface area (Å²) >= 11 is 0. The van der Waals surface area contributed by atoms with Crippen LogP contribution in [0, 0.1) is 5.92 Å². The van der Waals surface area contributed by atoms with Crippen LogP contribution in [-0.2, 0) is 6.42 Å². The summed E-state index contributed by atoms with van der Waals surface area (Å²) in [5.74, 6) is 3.51. The SMILES string of the molecule is CC(C)Cc1cccc(Nc2nc(Nc3ccn4ccnc4c3)cc(N3CCCCC3)n2)n1. The summed E-state index contributed by atoms with van der Waals surface area (Å²) in [5, 5.41) is 6.77. The first-order chi connectivity index (χ1) is 16.1. The average molecular weight is 443 g/mol. The molecule has 0 spiro atoms. The van der Waals surface area contributed by atoms with Crippen molar-refractivity contribution in [3.63, 3.8) is 0 Å². The largest absolute Gasteiger partial charge is 0.356 e. The van der Waals surface area contributed by atoms with Crippen LogP contribution in [0.1, 0.15) is 38.8 Å². The average Bonchev–Trinajstić information content (AvgIpc) is 3.27. The van der Waals surface area contributed by atoms with Gasteiger partial charge in [-0.25, -0.2) is 9.97 Å². The van der Waals surface area contributed by atoms with Gasteiger partial charge < -0.3 is 19.9 Å². The smallest absolute Gasteiger partial charge is 0.232 e. The van der Waals surface area contributed by atoms with Crippen LogP contribution in [0.2, 0.25) is 0 Å². The fraction of sp³-hybridized carbons (Fsp3) is 0.360. The monoisotopic (exact) mass is 442 g/mol. The van der Waals surface area contributed by atoms with Gasteiger partial charge in [0.1, 0.15) is 23.1 Å². The molecule has 0 aliphatic carbocycles. The molecule has 4 aromatic rings. The van der Waals surface area contributed by atoms with E-state index in [9.17, 15) is 0 Å². The zero-order valence-electron chi connectivity index (χ0n) is 19.2. The third kappa shape index (κ3) is 5.22. The summed E-state index contributed by atoms with van der Waals surface area (Å²) in [6, 6.07) is 12.1. The third-order valence-electron chi connectivity index (χ3n) is 5.73. The van der Waals surface area contributed by atoms with Crippen molar-refractivity contribution in [1.29, 1.82) is 0 Å². The number of fused-ring (bicyclic) bond motifs is 1. The number of imidazole rings is 1. The first-order valence-electron chi connectivity index (χ1n) is 11.7. The van der Waals surface area contributed by atoms with Gasteiger partial charge in [-0.3, -0.25) is 0 Å². The number of aromatic nitrogens is 5. The molecule has 5 heterocycles. The lowest BCUT2D eigenvalue weighted by Crippen LogP contribution is -2.30. The van der Waals surface area contributed by atoms with Gasteiger partial charge in [-0.2, -0.15) is 9.97 Å². The number of rotatable bonds is 7. The molecule has 0 aromatic carbocycles. The Bertz CT molecular complexity index is 1230. The summed E-state index contributed by atoms with van der Waals surface area (Å²) in [6.45, 7) is 6.42. The Balaban J connectivity index is 1.44. The molecule has 2 N–H and O–H groups in total. The van der Waals surface area contributed by atoms with E-state index in [2.05, 4.69) is 40.4 Å². The topological polar surface area (TPSA) is 83.3 Å². The quantitative estimate of drug-likeness (QED) is 0.407. The summed E-state index contributed by atoms with van der Waals surface area (Å²) in [6.07, 6.45) is 10.3. The maximum atomic E-state index is 4.83. The van der Waals surface area contributed by atoms with Gasteiger partial charge in [0.05, 0.1) is 0 Å². The highest BCUT2D eigenvalue weighted by Gasteiger charge is 2.16. The van der Waals surface area contributed by atoms with Crippen LogP contribution in [0.3, 0.4) is 0 Å². The predicted molar refractivity (Wildman–Crippen MR) is 133 cm³/mol. The zero-order valence-corrected chi connectivity index (χ0v) is 19.2. The Hall–Kier alpha value is -3.68. The molecule has 1 aliphatic rings. The maximum Gasteiger partial charge on any atom is 0.232 e. The van der Waals surface area contributed by atoms with Gasteiger partial charge in [0, 0.05) is 55.2 Å². The van der Waals surface area contributed by atoms with Gasteiger partial charge in [-0.15, -0.1) is 0 Å². The molecule has 0 unspecified atom stereocenters. The Morgan fingerprint density at radius 1 is 0.909 bits per heavy atom. The molecular formula is C25H30N8. The van der Waals surface area contributed by atoms with Crippen molar-refractivity contribution in [1.82, 2.24) is 24.3 Å². The Morgan fingerprint density at radius 2 is 1.79 bits per heavy atom. The van der Waals surface area contributed by atoms with Gasteiger partial charge in [0.2, 0.25) is 5.95 Å². The van der Waals surface area contributed by atoms with E-state index in [1.165, 1.54) is 19.3 Å². The van der Waals surface area contributed by atoms with Crippen molar-refractivity contribution in [2.45, 2.75) is 39.5 Å². The standard InChI is InChI=1S/C25H30N8/c1-18(2)15-19-7-6-8-21(27-19)29-25-30-22(17-24(31-25)32-11-4-3-5-12-32)28-20-9-13-33-14-10-26-23(33)16-20/h6-10,13-14,16-18H,3-5,11-12,15H2,1-2H3,(H2,27,28,29,30,31). The second kappa shape index (κ2) is 9.44. The van der Waals surface area contributed by atoms with Crippen LogP contribution < -0.4 is 15.5 Å². The number of nitrogens with zero attached hydrogens (tertiary/aromatic N) is 6. The molecule has 4 aromatic heterocycles. The van der Waals surface area contributed by atoms with Crippen molar-refractivity contribution in [3.8, 4) is 0 Å². The first-order valence-corrected chi connectivity index (χ1v) is 11.7. The number of pyridine rings is 2. The van der Waals surface area contributed by atoms with Crippen molar-refractivity contribution in [2.24, 2.45) is 5.92 Å². The molecule has 170 valence electrons. The maximum absolute atomic E-state index is 4.83. The van der Waals surface area contributed by atoms with Crippen molar-refractivity contribution < 1.29 is 0 Å². The first kappa shape index (κ1) is 21.2. The molecule has 5 rings (SSSR count). The summed E-state index contributed by atoms with van der Waals surface area (Å²) < 4.78 is 1.98. The Morgan fingerprint density at radius 3 is 2.64 bits per heavy atom. The second-order valence-electron chi connectivity index (χ2n) is 8.95. The van der Waals surface area contributed by atoms with Crippen LogP contribution in [-0.4, -0.2) is 37.4 Å². The highest BCUT2D eigenvalue weighted by molar-refractivity contribution is 5.65. The number of hydrogen-bond acceptors (Lipinski definition) is 7. The van der Waals surface area contributed by atoms with E-state index >= 15 is 0 Å². The minimum Gasteiger partial charge on any atom is -0.356 e. The number of anilines is 5. The van der Waals surface area contributed by atoms with Gasteiger partial charge in [0.15, 0.2) is 0 Å². The number of nitrogens with one attached hydrogen (secondary N) is 2. The van der Waals surface area contributed by atoms with Crippen molar-refractivity contribution >= 4 is 34.7 Å². The molecule has 0 bridgehead atoms. The minimum atomic E-state index is 0.539. The van der Waals surface area contributed by atoms with E-state index in [1.54, 1.807) is 6.20 Å². The molecule has 0 amide bonds. The highest BCUT2D eigenvalue weighted by atomic mass is 15.3. The van der Waals surface area contributed by atoms with Crippen LogP contribution >= 0.6 is 0 Å². The summed E-state index contributed by atoms with van der Waals surface area (Å²) in [7, 11) is 0. The Labute approximate surface area is 194 Å². The van der Waals surface area contributed by atoms with Crippen molar-refractivity contribution in [2.75, 3.05) is 28.6 Å². The fourth-order valence-corrected chi connectivity index (χ4v) is 4.17. The lowest BCUT2D eigenvalue weighted by molar-refractivity contribution is 0.573. The zero-order chi connectivity index (χ0) is 22.6. The van der Waals surface area contributed by atoms with Crippen LogP contribution in [0.15, 0.2) is 55.0 Å². The molecule has 8 nitrogen and oxygen atoms in total. The summed E-state index contributed by atoms with van der Waals surface area (Å²) in [4.78, 5) is 21.1. The second-order valence-corrected chi connectivity index (χ2v) is 8.95. The van der Waals surface area contributed by atoms with E-state index < -0.39 is 0 Å². The van der Waals surface area contributed by atoms with Crippen LogP contribution in [0.4, 0.5) is 29.1 Å². The van der Waals surface area contributed by atoms with Crippen LogP contribution in [0.25, 0.3) is 5.65 Å². The lowest BCUT2D eigenvalue weighted by Gasteiger charge is -2.28. The Kier molecular flexibility index (Phi) is 6.06. The predicted octanol–water partition coefficient (Wildman–Crippen LogP) is 5.20. The molecule has 1 saturated heterocycles. The molecule has 1 fully saturated rings. The van der Waals surface area contributed by atoms with Gasteiger partial charge in [0.25, 0.3) is 0 Å². The summed E-state index contributed by atoms with van der Waals surface area (Å²) in [5.41, 5.74) is 2.88. The molecule has 0 radical (unpaired) electrons. The van der Waals surface area contributed by atoms with Crippen molar-refractivity contribution in [3.05, 3.63) is 60.7 Å². The lowest BCUT2D eigenvalue weighted by atomic mass is 10.1. The number of piperidine rings is 1. The molecule has 1 aliphatic heterocycles.